The van der Waals surface area contributed by atoms with E-state index in [1.807, 2.05) is 18.2 Å². The molecule has 0 heterocycles. The molecule has 0 aliphatic heterocycles. The van der Waals surface area contributed by atoms with Crippen molar-refractivity contribution in [3.05, 3.63) is 35.9 Å². The Morgan fingerprint density at radius 2 is 1.89 bits per heavy atom. The third kappa shape index (κ3) is 3.80. The van der Waals surface area contributed by atoms with E-state index in [1.54, 1.807) is 19.2 Å². The van der Waals surface area contributed by atoms with E-state index >= 15 is 0 Å². The topological polar surface area (TPSA) is 87.6 Å². The predicted molar refractivity (Wildman–Crippen MR) is 68.8 cm³/mol. The maximum Gasteiger partial charge on any atom is 0.242 e. The van der Waals surface area contributed by atoms with Crippen LogP contribution in [-0.4, -0.2) is 32.8 Å². The van der Waals surface area contributed by atoms with Gasteiger partial charge in [0, 0.05) is 20.1 Å². The van der Waals surface area contributed by atoms with Crippen LogP contribution in [0.3, 0.4) is 0 Å². The third-order valence-corrected chi connectivity index (χ3v) is 2.80. The summed E-state index contributed by atoms with van der Waals surface area (Å²) in [7, 11) is 1.60. The fourth-order valence-corrected chi connectivity index (χ4v) is 1.62. The zero-order valence-corrected chi connectivity index (χ0v) is 10.6. The van der Waals surface area contributed by atoms with Crippen LogP contribution in [0, 0.1) is 0 Å². The lowest BCUT2D eigenvalue weighted by atomic mass is 9.87. The molecule has 0 spiro atoms. The summed E-state index contributed by atoms with van der Waals surface area (Å²) in [6.45, 7) is 1.34. The first kappa shape index (κ1) is 14.6. The summed E-state index contributed by atoms with van der Waals surface area (Å²) in [4.78, 5) is 11.6. The van der Waals surface area contributed by atoms with Crippen LogP contribution in [0.25, 0.3) is 0 Å². The molecule has 1 atom stereocenters. The molecule has 0 aliphatic rings. The van der Waals surface area contributed by atoms with Crippen molar-refractivity contribution < 1.29 is 14.3 Å². The average molecular weight is 252 g/mol. The van der Waals surface area contributed by atoms with E-state index in [1.165, 1.54) is 0 Å². The summed E-state index contributed by atoms with van der Waals surface area (Å²) < 4.78 is 10.2. The van der Waals surface area contributed by atoms with Crippen molar-refractivity contribution >= 4 is 5.91 Å². The standard InChI is InChI=1S/C13H20N2O3/c1-17-9-10-18-8-7-13(15,12(14)16)11-5-3-2-4-6-11/h2-6H,7-10,15H2,1H3,(H2,14,16). The highest BCUT2D eigenvalue weighted by Crippen LogP contribution is 2.21. The highest BCUT2D eigenvalue weighted by Gasteiger charge is 2.33. The van der Waals surface area contributed by atoms with Crippen LogP contribution in [0.5, 0.6) is 0 Å². The van der Waals surface area contributed by atoms with Crippen LogP contribution < -0.4 is 11.5 Å². The van der Waals surface area contributed by atoms with Crippen LogP contribution in [0.1, 0.15) is 12.0 Å². The molecule has 4 N–H and O–H groups in total. The molecule has 1 unspecified atom stereocenters. The predicted octanol–water partition coefficient (Wildman–Crippen LogP) is 0.379. The highest BCUT2D eigenvalue weighted by atomic mass is 16.5. The first-order valence-electron chi connectivity index (χ1n) is 5.82. The van der Waals surface area contributed by atoms with E-state index in [0.29, 0.717) is 31.8 Å². The van der Waals surface area contributed by atoms with Crippen molar-refractivity contribution in [3.8, 4) is 0 Å². The fourth-order valence-electron chi connectivity index (χ4n) is 1.62. The second kappa shape index (κ2) is 7.10. The summed E-state index contributed by atoms with van der Waals surface area (Å²) in [6.07, 6.45) is 0.343. The van der Waals surface area contributed by atoms with Gasteiger partial charge in [-0.2, -0.15) is 0 Å². The maximum absolute atomic E-state index is 11.6. The third-order valence-electron chi connectivity index (χ3n) is 2.80. The molecule has 0 aliphatic carbocycles. The number of ether oxygens (including phenoxy) is 2. The van der Waals surface area contributed by atoms with Gasteiger partial charge in [0.25, 0.3) is 0 Å². The maximum atomic E-state index is 11.6. The molecule has 1 amide bonds. The van der Waals surface area contributed by atoms with Crippen LogP contribution in [0.4, 0.5) is 0 Å². The van der Waals surface area contributed by atoms with E-state index in [9.17, 15) is 4.79 Å². The molecule has 5 heteroatoms. The Morgan fingerprint density at radius 1 is 1.22 bits per heavy atom. The summed E-state index contributed by atoms with van der Waals surface area (Å²) >= 11 is 0. The second-order valence-corrected chi connectivity index (χ2v) is 4.06. The quantitative estimate of drug-likeness (QED) is 0.655. The van der Waals surface area contributed by atoms with Crippen LogP contribution in [-0.2, 0) is 19.8 Å². The number of carbonyl (C=O) groups excluding carboxylic acids is 1. The van der Waals surface area contributed by atoms with Crippen molar-refractivity contribution in [2.45, 2.75) is 12.0 Å². The molecule has 0 bridgehead atoms. The number of nitrogens with two attached hydrogens (primary N) is 2. The van der Waals surface area contributed by atoms with Gasteiger partial charge in [-0.3, -0.25) is 4.79 Å². The van der Waals surface area contributed by atoms with Gasteiger partial charge in [-0.15, -0.1) is 0 Å². The van der Waals surface area contributed by atoms with Gasteiger partial charge in [0.2, 0.25) is 5.91 Å². The van der Waals surface area contributed by atoms with Gasteiger partial charge in [-0.1, -0.05) is 30.3 Å². The molecular weight excluding hydrogens is 232 g/mol. The number of hydrogen-bond acceptors (Lipinski definition) is 4. The number of rotatable bonds is 8. The lowest BCUT2D eigenvalue weighted by molar-refractivity contribution is -0.124. The molecule has 1 rings (SSSR count). The normalized spacial score (nSPS) is 14.1. The van der Waals surface area contributed by atoms with Crippen LogP contribution >= 0.6 is 0 Å². The summed E-state index contributed by atoms with van der Waals surface area (Å²) in [6, 6.07) is 9.09. The molecule has 100 valence electrons. The van der Waals surface area contributed by atoms with Gasteiger partial charge in [0.15, 0.2) is 0 Å². The summed E-state index contributed by atoms with van der Waals surface area (Å²) in [5.74, 6) is -0.552. The minimum absolute atomic E-state index is 0.343. The number of amides is 1. The monoisotopic (exact) mass is 252 g/mol. The van der Waals surface area contributed by atoms with E-state index in [-0.39, 0.29) is 0 Å². The molecular formula is C13H20N2O3. The van der Waals surface area contributed by atoms with Gasteiger partial charge in [-0.25, -0.2) is 0 Å². The van der Waals surface area contributed by atoms with E-state index in [2.05, 4.69) is 0 Å². The largest absolute Gasteiger partial charge is 0.382 e. The smallest absolute Gasteiger partial charge is 0.242 e. The van der Waals surface area contributed by atoms with Gasteiger partial charge >= 0.3 is 0 Å². The molecule has 18 heavy (non-hydrogen) atoms. The number of methoxy groups -OCH3 is 1. The van der Waals surface area contributed by atoms with Crippen molar-refractivity contribution in [3.63, 3.8) is 0 Å². The van der Waals surface area contributed by atoms with Crippen molar-refractivity contribution in [2.24, 2.45) is 11.5 Å². The second-order valence-electron chi connectivity index (χ2n) is 4.06. The fraction of sp³-hybridized carbons (Fsp3) is 0.462. The SMILES string of the molecule is COCCOCCC(N)(C(N)=O)c1ccccc1. The minimum atomic E-state index is -1.19. The minimum Gasteiger partial charge on any atom is -0.382 e. The van der Waals surface area contributed by atoms with Crippen molar-refractivity contribution in [2.75, 3.05) is 26.9 Å². The number of benzene rings is 1. The zero-order valence-electron chi connectivity index (χ0n) is 10.6. The Kier molecular flexibility index (Phi) is 5.77. The number of carbonyl (C=O) groups is 1. The lowest BCUT2D eigenvalue weighted by Gasteiger charge is -2.26. The summed E-state index contributed by atoms with van der Waals surface area (Å²) in [5.41, 5.74) is 11.0. The van der Waals surface area contributed by atoms with Gasteiger partial charge in [0.05, 0.1) is 13.2 Å². The van der Waals surface area contributed by atoms with Gasteiger partial charge < -0.3 is 20.9 Å². The van der Waals surface area contributed by atoms with E-state index in [4.69, 9.17) is 20.9 Å². The van der Waals surface area contributed by atoms with Crippen LogP contribution in [0.15, 0.2) is 30.3 Å². The molecule has 0 aromatic heterocycles. The zero-order chi connectivity index (χ0) is 13.4. The van der Waals surface area contributed by atoms with Crippen molar-refractivity contribution in [1.82, 2.24) is 0 Å². The molecule has 1 aromatic rings. The van der Waals surface area contributed by atoms with E-state index in [0.717, 1.165) is 0 Å². The average Bonchev–Trinajstić information content (AvgIpc) is 2.39. The number of primary amides is 1. The Morgan fingerprint density at radius 3 is 2.44 bits per heavy atom. The molecule has 0 saturated carbocycles. The Labute approximate surface area is 107 Å². The molecule has 1 aromatic carbocycles. The summed E-state index contributed by atoms with van der Waals surface area (Å²) in [5, 5.41) is 0. The van der Waals surface area contributed by atoms with Crippen LogP contribution in [0.2, 0.25) is 0 Å². The molecule has 5 nitrogen and oxygen atoms in total. The Hall–Kier alpha value is -1.43. The van der Waals surface area contributed by atoms with Crippen molar-refractivity contribution in [1.29, 1.82) is 0 Å². The lowest BCUT2D eigenvalue weighted by Crippen LogP contribution is -2.49. The number of hydrogen-bond donors (Lipinski definition) is 2. The molecule has 0 saturated heterocycles. The molecule has 0 fully saturated rings. The Balaban J connectivity index is 2.62. The van der Waals surface area contributed by atoms with Gasteiger partial charge in [-0.05, 0) is 5.56 Å². The molecule has 0 radical (unpaired) electrons. The highest BCUT2D eigenvalue weighted by molar-refractivity contribution is 5.85. The van der Waals surface area contributed by atoms with Gasteiger partial charge in [0.1, 0.15) is 5.54 Å². The first-order valence-corrected chi connectivity index (χ1v) is 5.82. The van der Waals surface area contributed by atoms with E-state index < -0.39 is 11.4 Å². The Bertz CT molecular complexity index is 370. The first-order chi connectivity index (χ1) is 8.61.